The lowest BCUT2D eigenvalue weighted by molar-refractivity contribution is -0.395. The van der Waals surface area contributed by atoms with Crippen LogP contribution in [0.3, 0.4) is 0 Å². The van der Waals surface area contributed by atoms with E-state index in [0.717, 1.165) is 23.4 Å². The monoisotopic (exact) mass is 436 g/mol. The van der Waals surface area contributed by atoms with Gasteiger partial charge in [-0.1, -0.05) is 13.0 Å². The molecule has 32 heavy (non-hydrogen) atoms. The first-order valence-electron chi connectivity index (χ1n) is 9.63. The molecule has 0 saturated carbocycles. The van der Waals surface area contributed by atoms with Crippen LogP contribution in [0.2, 0.25) is 0 Å². The third kappa shape index (κ3) is 4.83. The van der Waals surface area contributed by atoms with Crippen LogP contribution in [-0.4, -0.2) is 25.7 Å². The van der Waals surface area contributed by atoms with Crippen molar-refractivity contribution in [3.05, 3.63) is 85.3 Å². The largest absolute Gasteiger partial charge is 0.340 e. The molecule has 0 aliphatic rings. The van der Waals surface area contributed by atoms with Crippen molar-refractivity contribution in [3.63, 3.8) is 0 Å². The molecule has 11 heteroatoms. The number of anilines is 3. The highest BCUT2D eigenvalue weighted by Crippen LogP contribution is 2.30. The molecule has 0 unspecified atom stereocenters. The van der Waals surface area contributed by atoms with Crippen molar-refractivity contribution in [2.75, 3.05) is 10.6 Å². The van der Waals surface area contributed by atoms with Gasteiger partial charge in [0.2, 0.25) is 0 Å². The molecule has 3 rings (SSSR count). The topological polar surface area (TPSA) is 153 Å². The molecule has 164 valence electrons. The van der Waals surface area contributed by atoms with Crippen LogP contribution in [0.4, 0.5) is 28.6 Å². The minimum Gasteiger partial charge on any atom is -0.340 e. The lowest BCUT2D eigenvalue weighted by Gasteiger charge is -2.13. The summed E-state index contributed by atoms with van der Waals surface area (Å²) in [5.74, 6) is -0.121. The predicted octanol–water partition coefficient (Wildman–Crippen LogP) is 4.47. The number of hydrogen-bond donors (Lipinski definition) is 2. The van der Waals surface area contributed by atoms with Crippen molar-refractivity contribution in [3.8, 4) is 0 Å². The van der Waals surface area contributed by atoms with Gasteiger partial charge in [-0.2, -0.15) is 0 Å². The fraction of sp³-hybridized carbons (Fsp3) is 0.190. The van der Waals surface area contributed by atoms with Crippen LogP contribution in [0.1, 0.15) is 34.1 Å². The molecule has 0 fully saturated rings. The number of aryl methyl sites for hydroxylation is 2. The first kappa shape index (κ1) is 22.3. The second-order valence-corrected chi connectivity index (χ2v) is 7.00. The van der Waals surface area contributed by atoms with E-state index in [2.05, 4.69) is 20.6 Å². The normalized spacial score (nSPS) is 10.5. The first-order chi connectivity index (χ1) is 15.2. The average molecular weight is 436 g/mol. The molecule has 1 amide bonds. The SMILES string of the molecule is CCc1ccc(Nc2cc(C)ncn2)cc1NC(=O)c1cc([N+](=O)[O-])c(C)c([N+](=O)[O-])c1. The molecular weight excluding hydrogens is 416 g/mol. The first-order valence-corrected chi connectivity index (χ1v) is 9.63. The molecular formula is C21H20N6O5. The Bertz CT molecular complexity index is 1190. The van der Waals surface area contributed by atoms with E-state index in [1.54, 1.807) is 12.1 Å². The predicted molar refractivity (Wildman–Crippen MR) is 118 cm³/mol. The molecule has 2 N–H and O–H groups in total. The summed E-state index contributed by atoms with van der Waals surface area (Å²) in [7, 11) is 0. The summed E-state index contributed by atoms with van der Waals surface area (Å²) < 4.78 is 0. The van der Waals surface area contributed by atoms with Gasteiger partial charge in [-0.3, -0.25) is 25.0 Å². The van der Waals surface area contributed by atoms with E-state index in [0.29, 0.717) is 23.6 Å². The van der Waals surface area contributed by atoms with Crippen LogP contribution in [0.5, 0.6) is 0 Å². The maximum absolute atomic E-state index is 12.9. The summed E-state index contributed by atoms with van der Waals surface area (Å²) in [5.41, 5.74) is 1.44. The van der Waals surface area contributed by atoms with Crippen LogP contribution < -0.4 is 10.6 Å². The van der Waals surface area contributed by atoms with Crippen LogP contribution >= 0.6 is 0 Å². The fourth-order valence-corrected chi connectivity index (χ4v) is 3.14. The van der Waals surface area contributed by atoms with Gasteiger partial charge in [0.1, 0.15) is 17.7 Å². The zero-order chi connectivity index (χ0) is 23.4. The molecule has 0 atom stereocenters. The summed E-state index contributed by atoms with van der Waals surface area (Å²) in [5, 5.41) is 28.4. The number of amides is 1. The Balaban J connectivity index is 1.94. The van der Waals surface area contributed by atoms with Crippen LogP contribution in [0.15, 0.2) is 42.7 Å². The molecule has 11 nitrogen and oxygen atoms in total. The van der Waals surface area contributed by atoms with Gasteiger partial charge in [0.15, 0.2) is 0 Å². The lowest BCUT2D eigenvalue weighted by atomic mass is 10.1. The molecule has 0 bridgehead atoms. The number of rotatable bonds is 7. The van der Waals surface area contributed by atoms with Crippen LogP contribution in [0.25, 0.3) is 0 Å². The Hall–Kier alpha value is -4.41. The van der Waals surface area contributed by atoms with E-state index < -0.39 is 27.1 Å². The molecule has 0 radical (unpaired) electrons. The van der Waals surface area contributed by atoms with Gasteiger partial charge in [0.05, 0.1) is 15.4 Å². The number of benzene rings is 2. The number of nitrogens with zero attached hydrogens (tertiary/aromatic N) is 4. The van der Waals surface area contributed by atoms with Crippen molar-refractivity contribution >= 4 is 34.5 Å². The van der Waals surface area contributed by atoms with E-state index >= 15 is 0 Å². The average Bonchev–Trinajstić information content (AvgIpc) is 2.73. The quantitative estimate of drug-likeness (QED) is 0.406. The Kier molecular flexibility index (Phi) is 6.38. The minimum absolute atomic E-state index is 0.114. The number of carbonyl (C=O) groups is 1. The van der Waals surface area contributed by atoms with E-state index in [9.17, 15) is 25.0 Å². The third-order valence-electron chi connectivity index (χ3n) is 4.82. The Morgan fingerprint density at radius 3 is 2.22 bits per heavy atom. The van der Waals surface area contributed by atoms with Crippen molar-refractivity contribution in [2.45, 2.75) is 27.2 Å². The van der Waals surface area contributed by atoms with Gasteiger partial charge in [-0.15, -0.1) is 0 Å². The number of aromatic nitrogens is 2. The van der Waals surface area contributed by atoms with E-state index in [-0.39, 0.29) is 11.1 Å². The summed E-state index contributed by atoms with van der Waals surface area (Å²) in [4.78, 5) is 42.2. The summed E-state index contributed by atoms with van der Waals surface area (Å²) in [6, 6.07) is 9.19. The Morgan fingerprint density at radius 2 is 1.66 bits per heavy atom. The number of nitrogens with one attached hydrogen (secondary N) is 2. The zero-order valence-electron chi connectivity index (χ0n) is 17.6. The highest BCUT2D eigenvalue weighted by Gasteiger charge is 2.25. The third-order valence-corrected chi connectivity index (χ3v) is 4.82. The van der Waals surface area contributed by atoms with Crippen LogP contribution in [-0.2, 0) is 6.42 Å². The van der Waals surface area contributed by atoms with Crippen molar-refractivity contribution in [1.29, 1.82) is 0 Å². The zero-order valence-corrected chi connectivity index (χ0v) is 17.6. The standard InChI is InChI=1S/C21H20N6O5/c1-4-14-5-6-16(24-20-7-12(2)22-11-23-20)10-17(14)25-21(28)15-8-18(26(29)30)13(3)19(9-15)27(31)32/h5-11H,4H2,1-3H3,(H,25,28)(H,22,23,24). The minimum atomic E-state index is -0.745. The summed E-state index contributed by atoms with van der Waals surface area (Å²) >= 11 is 0. The van der Waals surface area contributed by atoms with Gasteiger partial charge in [0.25, 0.3) is 17.3 Å². The molecule has 2 aromatic carbocycles. The number of carbonyl (C=O) groups excluding carboxylic acids is 1. The van der Waals surface area contributed by atoms with Crippen LogP contribution in [0, 0.1) is 34.1 Å². The molecule has 3 aromatic rings. The molecule has 0 saturated heterocycles. The summed E-state index contributed by atoms with van der Waals surface area (Å²) in [6.45, 7) is 5.02. The highest BCUT2D eigenvalue weighted by molar-refractivity contribution is 6.06. The smallest absolute Gasteiger partial charge is 0.279 e. The molecule has 1 heterocycles. The maximum Gasteiger partial charge on any atom is 0.279 e. The maximum atomic E-state index is 12.9. The van der Waals surface area contributed by atoms with Gasteiger partial charge in [-0.25, -0.2) is 9.97 Å². The Morgan fingerprint density at radius 1 is 1.00 bits per heavy atom. The van der Waals surface area contributed by atoms with Gasteiger partial charge >= 0.3 is 0 Å². The van der Waals surface area contributed by atoms with Gasteiger partial charge in [-0.05, 0) is 38.0 Å². The van der Waals surface area contributed by atoms with Gasteiger partial charge < -0.3 is 10.6 Å². The van der Waals surface area contributed by atoms with Crippen molar-refractivity contribution in [1.82, 2.24) is 9.97 Å². The van der Waals surface area contributed by atoms with E-state index in [4.69, 9.17) is 0 Å². The molecule has 0 aliphatic heterocycles. The number of nitro benzene ring substituents is 2. The molecule has 0 aliphatic carbocycles. The summed E-state index contributed by atoms with van der Waals surface area (Å²) in [6.07, 6.45) is 2.04. The van der Waals surface area contributed by atoms with Gasteiger partial charge in [0, 0.05) is 35.3 Å². The molecule has 1 aromatic heterocycles. The second kappa shape index (κ2) is 9.16. The lowest BCUT2D eigenvalue weighted by Crippen LogP contribution is -2.14. The van der Waals surface area contributed by atoms with E-state index in [1.165, 1.54) is 13.3 Å². The highest BCUT2D eigenvalue weighted by atomic mass is 16.6. The Labute approximate surface area is 182 Å². The second-order valence-electron chi connectivity index (χ2n) is 7.00. The number of nitro groups is 2. The van der Waals surface area contributed by atoms with E-state index in [1.807, 2.05) is 26.0 Å². The van der Waals surface area contributed by atoms with Crippen molar-refractivity contribution < 1.29 is 14.6 Å². The number of hydrogen-bond acceptors (Lipinski definition) is 8. The fourth-order valence-electron chi connectivity index (χ4n) is 3.14. The molecule has 0 spiro atoms. The van der Waals surface area contributed by atoms with Crippen molar-refractivity contribution in [2.24, 2.45) is 0 Å².